The molecule has 1 aromatic carbocycles. The van der Waals surface area contributed by atoms with Gasteiger partial charge >= 0.3 is 0 Å². The Bertz CT molecular complexity index is 669. The smallest absolute Gasteiger partial charge is 0.251 e. The van der Waals surface area contributed by atoms with Crippen molar-refractivity contribution in [2.75, 3.05) is 6.54 Å². The number of benzene rings is 1. The first kappa shape index (κ1) is 15.2. The lowest BCUT2D eigenvalue weighted by molar-refractivity contribution is -0.131. The van der Waals surface area contributed by atoms with E-state index in [1.165, 1.54) is 0 Å². The number of carbonyl (C=O) groups excluding carboxylic acids is 2. The summed E-state index contributed by atoms with van der Waals surface area (Å²) in [5.41, 5.74) is 1.56. The number of aromatic nitrogens is 1. The number of hydrogen-bond acceptors (Lipinski definition) is 3. The van der Waals surface area contributed by atoms with Gasteiger partial charge in [-0.25, -0.2) is 0 Å². The molecule has 1 fully saturated rings. The van der Waals surface area contributed by atoms with E-state index < -0.39 is 0 Å². The molecule has 0 atom stereocenters. The van der Waals surface area contributed by atoms with Gasteiger partial charge in [0.1, 0.15) is 0 Å². The highest BCUT2D eigenvalue weighted by molar-refractivity contribution is 5.96. The number of rotatable bonds is 6. The molecule has 0 unspecified atom stereocenters. The molecule has 2 amide bonds. The van der Waals surface area contributed by atoms with Crippen molar-refractivity contribution in [3.63, 3.8) is 0 Å². The van der Waals surface area contributed by atoms with E-state index in [0.29, 0.717) is 12.1 Å². The van der Waals surface area contributed by atoms with E-state index in [2.05, 4.69) is 10.3 Å². The molecule has 0 aliphatic heterocycles. The molecule has 1 heterocycles. The lowest BCUT2D eigenvalue weighted by atomic mass is 10.2. The Morgan fingerprint density at radius 1 is 1.13 bits per heavy atom. The van der Waals surface area contributed by atoms with Crippen LogP contribution in [-0.4, -0.2) is 34.3 Å². The average Bonchev–Trinajstić information content (AvgIpc) is 3.44. The fourth-order valence-corrected chi connectivity index (χ4v) is 2.44. The van der Waals surface area contributed by atoms with Crippen molar-refractivity contribution >= 4 is 11.8 Å². The van der Waals surface area contributed by atoms with Crippen LogP contribution in [0.15, 0.2) is 54.9 Å². The maximum atomic E-state index is 12.5. The Hall–Kier alpha value is -2.69. The zero-order valence-electron chi connectivity index (χ0n) is 12.8. The molecule has 2 aromatic rings. The fraction of sp³-hybridized carbons (Fsp3) is 0.278. The molecule has 1 N–H and O–H groups in total. The number of nitrogens with zero attached hydrogens (tertiary/aromatic N) is 2. The van der Waals surface area contributed by atoms with Gasteiger partial charge in [0.05, 0.1) is 6.54 Å². The third kappa shape index (κ3) is 4.16. The van der Waals surface area contributed by atoms with Crippen molar-refractivity contribution in [3.05, 3.63) is 66.0 Å². The molecule has 0 spiro atoms. The van der Waals surface area contributed by atoms with E-state index in [-0.39, 0.29) is 24.4 Å². The van der Waals surface area contributed by atoms with E-state index in [9.17, 15) is 9.59 Å². The van der Waals surface area contributed by atoms with Gasteiger partial charge in [-0.3, -0.25) is 14.6 Å². The normalized spacial score (nSPS) is 13.4. The fourth-order valence-electron chi connectivity index (χ4n) is 2.44. The van der Waals surface area contributed by atoms with Gasteiger partial charge in [0, 0.05) is 30.5 Å². The summed E-state index contributed by atoms with van der Waals surface area (Å²) in [5, 5.41) is 2.70. The van der Waals surface area contributed by atoms with Gasteiger partial charge in [0.15, 0.2) is 0 Å². The summed E-state index contributed by atoms with van der Waals surface area (Å²) < 4.78 is 0. The van der Waals surface area contributed by atoms with E-state index in [1.54, 1.807) is 36.7 Å². The molecule has 0 radical (unpaired) electrons. The quantitative estimate of drug-likeness (QED) is 0.888. The molecule has 1 aromatic heterocycles. The first-order valence-corrected chi connectivity index (χ1v) is 7.75. The van der Waals surface area contributed by atoms with Gasteiger partial charge in [0.25, 0.3) is 5.91 Å². The highest BCUT2D eigenvalue weighted by Crippen LogP contribution is 2.28. The molecular formula is C18H19N3O2. The van der Waals surface area contributed by atoms with E-state index in [0.717, 1.165) is 18.4 Å². The maximum Gasteiger partial charge on any atom is 0.251 e. The number of amides is 2. The van der Waals surface area contributed by atoms with E-state index >= 15 is 0 Å². The molecule has 1 saturated carbocycles. The van der Waals surface area contributed by atoms with Crippen LogP contribution in [0.4, 0.5) is 0 Å². The highest BCUT2D eigenvalue weighted by Gasteiger charge is 2.32. The molecule has 118 valence electrons. The Morgan fingerprint density at radius 2 is 1.91 bits per heavy atom. The first-order chi connectivity index (χ1) is 11.2. The summed E-state index contributed by atoms with van der Waals surface area (Å²) in [4.78, 5) is 30.4. The zero-order valence-corrected chi connectivity index (χ0v) is 12.8. The van der Waals surface area contributed by atoms with Gasteiger partial charge in [-0.05, 0) is 36.6 Å². The third-order valence-electron chi connectivity index (χ3n) is 3.82. The lowest BCUT2D eigenvalue weighted by Gasteiger charge is -2.22. The second-order valence-electron chi connectivity index (χ2n) is 5.66. The second kappa shape index (κ2) is 7.05. The maximum absolute atomic E-state index is 12.5. The molecule has 0 saturated heterocycles. The Morgan fingerprint density at radius 3 is 2.57 bits per heavy atom. The van der Waals surface area contributed by atoms with Gasteiger partial charge in [0.2, 0.25) is 5.91 Å². The predicted octanol–water partition coefficient (Wildman–Crippen LogP) is 2.00. The molecule has 5 heteroatoms. The van der Waals surface area contributed by atoms with Crippen molar-refractivity contribution in [1.29, 1.82) is 0 Å². The van der Waals surface area contributed by atoms with Crippen LogP contribution in [0.2, 0.25) is 0 Å². The Balaban J connectivity index is 1.58. The molecule has 1 aliphatic carbocycles. The van der Waals surface area contributed by atoms with Crippen LogP contribution in [0.5, 0.6) is 0 Å². The van der Waals surface area contributed by atoms with Crippen molar-refractivity contribution < 1.29 is 9.59 Å². The summed E-state index contributed by atoms with van der Waals surface area (Å²) in [5.74, 6) is -0.281. The largest absolute Gasteiger partial charge is 0.343 e. The SMILES string of the molecule is O=C(NCC(=O)N(Cc1cccnc1)C1CC1)c1ccccc1. The van der Waals surface area contributed by atoms with Crippen LogP contribution in [0, 0.1) is 0 Å². The van der Waals surface area contributed by atoms with Crippen molar-refractivity contribution in [3.8, 4) is 0 Å². The van der Waals surface area contributed by atoms with Crippen molar-refractivity contribution in [2.24, 2.45) is 0 Å². The lowest BCUT2D eigenvalue weighted by Crippen LogP contribution is -2.41. The zero-order chi connectivity index (χ0) is 16.1. The summed E-state index contributed by atoms with van der Waals surface area (Å²) in [7, 11) is 0. The average molecular weight is 309 g/mol. The van der Waals surface area contributed by atoms with Crippen LogP contribution in [-0.2, 0) is 11.3 Å². The third-order valence-corrected chi connectivity index (χ3v) is 3.82. The molecule has 5 nitrogen and oxygen atoms in total. The minimum Gasteiger partial charge on any atom is -0.343 e. The highest BCUT2D eigenvalue weighted by atomic mass is 16.2. The second-order valence-corrected chi connectivity index (χ2v) is 5.66. The Kier molecular flexibility index (Phi) is 4.66. The summed E-state index contributed by atoms with van der Waals surface area (Å²) in [6.07, 6.45) is 5.54. The number of hydrogen-bond donors (Lipinski definition) is 1. The minimum atomic E-state index is -0.226. The Labute approximate surface area is 135 Å². The van der Waals surface area contributed by atoms with E-state index in [1.807, 2.05) is 23.1 Å². The van der Waals surface area contributed by atoms with Crippen molar-refractivity contribution in [1.82, 2.24) is 15.2 Å². The van der Waals surface area contributed by atoms with Crippen LogP contribution >= 0.6 is 0 Å². The number of carbonyl (C=O) groups is 2. The first-order valence-electron chi connectivity index (χ1n) is 7.75. The molecule has 23 heavy (non-hydrogen) atoms. The van der Waals surface area contributed by atoms with Gasteiger partial charge in [-0.2, -0.15) is 0 Å². The predicted molar refractivity (Wildman–Crippen MR) is 86.6 cm³/mol. The van der Waals surface area contributed by atoms with Gasteiger partial charge in [-0.1, -0.05) is 24.3 Å². The van der Waals surface area contributed by atoms with Gasteiger partial charge < -0.3 is 10.2 Å². The van der Waals surface area contributed by atoms with Gasteiger partial charge in [-0.15, -0.1) is 0 Å². The standard InChI is InChI=1S/C18H19N3O2/c22-17(12-20-18(23)15-6-2-1-3-7-15)21(16-8-9-16)13-14-5-4-10-19-11-14/h1-7,10-11,16H,8-9,12-13H2,(H,20,23). The molecule has 1 aliphatic rings. The summed E-state index contributed by atoms with van der Waals surface area (Å²) in [6.45, 7) is 0.559. The van der Waals surface area contributed by atoms with Crippen LogP contribution in [0.25, 0.3) is 0 Å². The molecular weight excluding hydrogens is 290 g/mol. The van der Waals surface area contributed by atoms with Crippen LogP contribution < -0.4 is 5.32 Å². The monoisotopic (exact) mass is 309 g/mol. The molecule has 0 bridgehead atoms. The van der Waals surface area contributed by atoms with Crippen LogP contribution in [0.1, 0.15) is 28.8 Å². The minimum absolute atomic E-state index is 0.0183. The van der Waals surface area contributed by atoms with Crippen LogP contribution in [0.3, 0.4) is 0 Å². The topological polar surface area (TPSA) is 62.3 Å². The number of nitrogens with one attached hydrogen (secondary N) is 1. The number of pyridine rings is 1. The van der Waals surface area contributed by atoms with Crippen molar-refractivity contribution in [2.45, 2.75) is 25.4 Å². The summed E-state index contributed by atoms with van der Waals surface area (Å²) in [6, 6.07) is 13.0. The van der Waals surface area contributed by atoms with E-state index in [4.69, 9.17) is 0 Å². The summed E-state index contributed by atoms with van der Waals surface area (Å²) >= 11 is 0. The molecule has 3 rings (SSSR count).